The largest absolute Gasteiger partial charge is 0.451 e. The second kappa shape index (κ2) is 3.53. The highest BCUT2D eigenvalue weighted by molar-refractivity contribution is 9.10. The van der Waals surface area contributed by atoms with Crippen molar-refractivity contribution < 1.29 is 14.3 Å². The van der Waals surface area contributed by atoms with Crippen LogP contribution in [0.25, 0.3) is 0 Å². The fourth-order valence-electron chi connectivity index (χ4n) is 1.47. The first-order chi connectivity index (χ1) is 6.70. The third-order valence-electron chi connectivity index (χ3n) is 2.12. The fraction of sp³-hybridized carbons (Fsp3) is 0.200. The molecule has 2 rings (SSSR count). The van der Waals surface area contributed by atoms with Gasteiger partial charge in [0.05, 0.1) is 5.56 Å². The summed E-state index contributed by atoms with van der Waals surface area (Å²) in [5.74, 6) is -0.421. The van der Waals surface area contributed by atoms with Gasteiger partial charge < -0.3 is 4.74 Å². The molecule has 4 heteroatoms. The molecule has 0 aliphatic carbocycles. The SMILES string of the molecule is O=CC1Cc2cc(Br)ccc2C(=O)O1. The monoisotopic (exact) mass is 254 g/mol. The molecular formula is C10H7BrO3. The smallest absolute Gasteiger partial charge is 0.339 e. The number of fused-ring (bicyclic) bond motifs is 1. The van der Waals surface area contributed by atoms with E-state index in [0.29, 0.717) is 18.3 Å². The summed E-state index contributed by atoms with van der Waals surface area (Å²) in [6, 6.07) is 5.32. The van der Waals surface area contributed by atoms with E-state index in [1.54, 1.807) is 12.1 Å². The molecule has 0 saturated heterocycles. The van der Waals surface area contributed by atoms with Crippen LogP contribution in [0.3, 0.4) is 0 Å². The lowest BCUT2D eigenvalue weighted by atomic mass is 9.99. The normalized spacial score (nSPS) is 19.8. The van der Waals surface area contributed by atoms with Crippen LogP contribution in [0.2, 0.25) is 0 Å². The first-order valence-corrected chi connectivity index (χ1v) is 4.94. The molecule has 1 aliphatic rings. The molecule has 14 heavy (non-hydrogen) atoms. The van der Waals surface area contributed by atoms with Crippen molar-refractivity contribution in [2.24, 2.45) is 0 Å². The van der Waals surface area contributed by atoms with E-state index in [-0.39, 0.29) is 0 Å². The molecule has 0 saturated carbocycles. The molecule has 1 aromatic rings. The maximum atomic E-state index is 11.4. The quantitative estimate of drug-likeness (QED) is 0.567. The van der Waals surface area contributed by atoms with Gasteiger partial charge in [-0.25, -0.2) is 4.79 Å². The number of hydrogen-bond donors (Lipinski definition) is 0. The molecule has 1 atom stereocenters. The van der Waals surface area contributed by atoms with Gasteiger partial charge in [0.2, 0.25) is 0 Å². The highest BCUT2D eigenvalue weighted by Crippen LogP contribution is 2.23. The Morgan fingerprint density at radius 2 is 2.29 bits per heavy atom. The minimum Gasteiger partial charge on any atom is -0.451 e. The molecule has 72 valence electrons. The van der Waals surface area contributed by atoms with Crippen molar-refractivity contribution in [2.45, 2.75) is 12.5 Å². The third-order valence-corrected chi connectivity index (χ3v) is 2.61. The molecule has 3 nitrogen and oxygen atoms in total. The first kappa shape index (κ1) is 9.40. The molecule has 0 aromatic heterocycles. The van der Waals surface area contributed by atoms with E-state index in [1.165, 1.54) is 0 Å². The van der Waals surface area contributed by atoms with Gasteiger partial charge in [-0.05, 0) is 23.8 Å². The molecule has 0 spiro atoms. The first-order valence-electron chi connectivity index (χ1n) is 4.15. The average molecular weight is 255 g/mol. The molecule has 1 heterocycles. The van der Waals surface area contributed by atoms with Crippen molar-refractivity contribution in [3.63, 3.8) is 0 Å². The number of carbonyl (C=O) groups excluding carboxylic acids is 2. The van der Waals surface area contributed by atoms with Crippen LogP contribution >= 0.6 is 15.9 Å². The predicted molar refractivity (Wildman–Crippen MR) is 53.1 cm³/mol. The highest BCUT2D eigenvalue weighted by Gasteiger charge is 2.25. The fourth-order valence-corrected chi connectivity index (χ4v) is 1.87. The van der Waals surface area contributed by atoms with Gasteiger partial charge in [0.1, 0.15) is 0 Å². The molecule has 0 fully saturated rings. The minimum absolute atomic E-state index is 0.421. The molecule has 0 bridgehead atoms. The Morgan fingerprint density at radius 3 is 3.00 bits per heavy atom. The zero-order valence-corrected chi connectivity index (χ0v) is 8.78. The molecule has 1 aromatic carbocycles. The van der Waals surface area contributed by atoms with Crippen LogP contribution in [-0.2, 0) is 16.0 Å². The van der Waals surface area contributed by atoms with E-state index in [9.17, 15) is 9.59 Å². The molecule has 1 unspecified atom stereocenters. The second-order valence-electron chi connectivity index (χ2n) is 3.09. The van der Waals surface area contributed by atoms with Crippen LogP contribution in [0.4, 0.5) is 0 Å². The topological polar surface area (TPSA) is 43.4 Å². The number of esters is 1. The van der Waals surface area contributed by atoms with Crippen molar-refractivity contribution in [1.82, 2.24) is 0 Å². The van der Waals surface area contributed by atoms with Gasteiger partial charge >= 0.3 is 5.97 Å². The number of carbonyl (C=O) groups is 2. The zero-order valence-electron chi connectivity index (χ0n) is 7.20. The van der Waals surface area contributed by atoms with Crippen molar-refractivity contribution in [1.29, 1.82) is 0 Å². The van der Waals surface area contributed by atoms with Gasteiger partial charge in [0, 0.05) is 10.9 Å². The van der Waals surface area contributed by atoms with E-state index < -0.39 is 12.1 Å². The number of rotatable bonds is 1. The average Bonchev–Trinajstić information content (AvgIpc) is 2.16. The number of benzene rings is 1. The minimum atomic E-state index is -0.635. The van der Waals surface area contributed by atoms with E-state index in [1.807, 2.05) is 6.07 Å². The number of halogens is 1. The lowest BCUT2D eigenvalue weighted by Crippen LogP contribution is -2.28. The van der Waals surface area contributed by atoms with Crippen molar-refractivity contribution in [3.8, 4) is 0 Å². The summed E-state index contributed by atoms with van der Waals surface area (Å²) in [5.41, 5.74) is 1.40. The summed E-state index contributed by atoms with van der Waals surface area (Å²) >= 11 is 3.31. The lowest BCUT2D eigenvalue weighted by Gasteiger charge is -2.20. The van der Waals surface area contributed by atoms with Crippen LogP contribution in [0, 0.1) is 0 Å². The van der Waals surface area contributed by atoms with E-state index >= 15 is 0 Å². The molecule has 1 aliphatic heterocycles. The summed E-state index contributed by atoms with van der Waals surface area (Å²) in [5, 5.41) is 0. The zero-order chi connectivity index (χ0) is 10.1. The van der Waals surface area contributed by atoms with Gasteiger partial charge in [-0.3, -0.25) is 4.79 Å². The summed E-state index contributed by atoms with van der Waals surface area (Å²) < 4.78 is 5.78. The van der Waals surface area contributed by atoms with Gasteiger partial charge in [-0.15, -0.1) is 0 Å². The molecular weight excluding hydrogens is 248 g/mol. The number of aldehydes is 1. The molecule has 0 N–H and O–H groups in total. The summed E-state index contributed by atoms with van der Waals surface area (Å²) in [4.78, 5) is 21.9. The van der Waals surface area contributed by atoms with Crippen LogP contribution in [0.15, 0.2) is 22.7 Å². The van der Waals surface area contributed by atoms with Crippen molar-refractivity contribution in [3.05, 3.63) is 33.8 Å². The van der Waals surface area contributed by atoms with Crippen LogP contribution < -0.4 is 0 Å². The second-order valence-corrected chi connectivity index (χ2v) is 4.00. The highest BCUT2D eigenvalue weighted by atomic mass is 79.9. The van der Waals surface area contributed by atoms with Crippen molar-refractivity contribution in [2.75, 3.05) is 0 Å². The van der Waals surface area contributed by atoms with E-state index in [4.69, 9.17) is 4.74 Å². The standard InChI is InChI=1S/C10H7BrO3/c11-7-1-2-9-6(3-7)4-8(5-12)14-10(9)13/h1-3,5,8H,4H2. The van der Waals surface area contributed by atoms with Gasteiger partial charge in [0.25, 0.3) is 0 Å². The summed E-state index contributed by atoms with van der Waals surface area (Å²) in [7, 11) is 0. The maximum Gasteiger partial charge on any atom is 0.339 e. The van der Waals surface area contributed by atoms with Crippen LogP contribution in [0.1, 0.15) is 15.9 Å². The Balaban J connectivity index is 2.45. The van der Waals surface area contributed by atoms with Crippen LogP contribution in [0.5, 0.6) is 0 Å². The molecule has 0 amide bonds. The Hall–Kier alpha value is -1.16. The van der Waals surface area contributed by atoms with Crippen LogP contribution in [-0.4, -0.2) is 18.4 Å². The Labute approximate surface area is 89.2 Å². The van der Waals surface area contributed by atoms with E-state index in [0.717, 1.165) is 10.0 Å². The Bertz CT molecular complexity index is 400. The van der Waals surface area contributed by atoms with Gasteiger partial charge in [0.15, 0.2) is 12.4 Å². The third kappa shape index (κ3) is 1.57. The summed E-state index contributed by atoms with van der Waals surface area (Å²) in [6.07, 6.45) is 0.482. The van der Waals surface area contributed by atoms with Crippen molar-refractivity contribution >= 4 is 28.2 Å². The Morgan fingerprint density at radius 1 is 1.50 bits per heavy atom. The Kier molecular flexibility index (Phi) is 2.37. The summed E-state index contributed by atoms with van der Waals surface area (Å²) in [6.45, 7) is 0. The molecule has 0 radical (unpaired) electrons. The van der Waals surface area contributed by atoms with Gasteiger partial charge in [-0.2, -0.15) is 0 Å². The lowest BCUT2D eigenvalue weighted by molar-refractivity contribution is -0.115. The van der Waals surface area contributed by atoms with E-state index in [2.05, 4.69) is 15.9 Å². The number of cyclic esters (lactones) is 1. The van der Waals surface area contributed by atoms with Gasteiger partial charge in [-0.1, -0.05) is 15.9 Å². The number of hydrogen-bond acceptors (Lipinski definition) is 3. The number of ether oxygens (including phenoxy) is 1. The maximum absolute atomic E-state index is 11.4. The predicted octanol–water partition coefficient (Wildman–Crippen LogP) is 1.73.